The zero-order valence-electron chi connectivity index (χ0n) is 10.6. The smallest absolute Gasteiger partial charge is 0.257 e. The second-order valence-electron chi connectivity index (χ2n) is 3.82. The molecule has 0 aliphatic rings. The van der Waals surface area contributed by atoms with Crippen LogP contribution in [-0.4, -0.2) is 37.8 Å². The average molecular weight is 247 g/mol. The van der Waals surface area contributed by atoms with E-state index in [4.69, 9.17) is 5.73 Å². The van der Waals surface area contributed by atoms with Gasteiger partial charge in [-0.2, -0.15) is 20.1 Å². The molecule has 0 bridgehead atoms. The molecule has 2 aromatic heterocycles. The van der Waals surface area contributed by atoms with E-state index >= 15 is 0 Å². The van der Waals surface area contributed by atoms with Gasteiger partial charge in [0.25, 0.3) is 5.95 Å². The van der Waals surface area contributed by atoms with Crippen molar-refractivity contribution < 1.29 is 0 Å². The van der Waals surface area contributed by atoms with E-state index in [1.54, 1.807) is 17.1 Å². The van der Waals surface area contributed by atoms with Crippen LogP contribution < -0.4 is 10.6 Å². The maximum atomic E-state index is 5.72. The molecule has 0 aromatic carbocycles. The van der Waals surface area contributed by atoms with Crippen LogP contribution in [0.4, 0.5) is 11.9 Å². The number of hydrogen-bond acceptors (Lipinski definition) is 6. The number of rotatable bonds is 5. The van der Waals surface area contributed by atoms with E-state index in [2.05, 4.69) is 38.8 Å². The van der Waals surface area contributed by atoms with Gasteiger partial charge in [0, 0.05) is 25.5 Å². The monoisotopic (exact) mass is 247 g/mol. The van der Waals surface area contributed by atoms with E-state index in [-0.39, 0.29) is 5.95 Å². The molecule has 0 saturated heterocycles. The van der Waals surface area contributed by atoms with Crippen LogP contribution in [0.2, 0.25) is 0 Å². The van der Waals surface area contributed by atoms with Crippen molar-refractivity contribution in [3.05, 3.63) is 18.5 Å². The molecule has 0 unspecified atom stereocenters. The molecule has 2 N–H and O–H groups in total. The minimum absolute atomic E-state index is 0.208. The van der Waals surface area contributed by atoms with Crippen molar-refractivity contribution in [2.75, 3.05) is 23.7 Å². The lowest BCUT2D eigenvalue weighted by atomic mass is 10.4. The van der Waals surface area contributed by atoms with Crippen LogP contribution in [0.1, 0.15) is 20.3 Å². The number of nitrogen functional groups attached to an aromatic ring is 1. The SMILES string of the molecule is CCCN(CC)c1nc(N)nc(-n2cccn2)n1. The number of nitrogens with two attached hydrogens (primary N) is 1. The van der Waals surface area contributed by atoms with Crippen LogP contribution >= 0.6 is 0 Å². The topological polar surface area (TPSA) is 85.8 Å². The van der Waals surface area contributed by atoms with E-state index in [1.165, 1.54) is 0 Å². The summed E-state index contributed by atoms with van der Waals surface area (Å²) in [7, 11) is 0. The van der Waals surface area contributed by atoms with E-state index < -0.39 is 0 Å². The third-order valence-electron chi connectivity index (χ3n) is 2.50. The summed E-state index contributed by atoms with van der Waals surface area (Å²) in [5.74, 6) is 1.24. The molecule has 0 aliphatic carbocycles. The van der Waals surface area contributed by atoms with Gasteiger partial charge in [-0.25, -0.2) is 4.68 Å². The molecule has 0 saturated carbocycles. The molecule has 0 spiro atoms. The Morgan fingerprint density at radius 3 is 2.72 bits per heavy atom. The molecule has 7 nitrogen and oxygen atoms in total. The van der Waals surface area contributed by atoms with Gasteiger partial charge >= 0.3 is 0 Å². The van der Waals surface area contributed by atoms with Crippen LogP contribution in [0.3, 0.4) is 0 Å². The first-order chi connectivity index (χ1) is 8.74. The zero-order valence-corrected chi connectivity index (χ0v) is 10.6. The Hall–Kier alpha value is -2.18. The Morgan fingerprint density at radius 1 is 1.28 bits per heavy atom. The Morgan fingerprint density at radius 2 is 2.11 bits per heavy atom. The van der Waals surface area contributed by atoms with Crippen LogP contribution in [0, 0.1) is 0 Å². The first kappa shape index (κ1) is 12.3. The van der Waals surface area contributed by atoms with Gasteiger partial charge in [-0.1, -0.05) is 6.92 Å². The number of aromatic nitrogens is 5. The van der Waals surface area contributed by atoms with Crippen LogP contribution in [0.15, 0.2) is 18.5 Å². The van der Waals surface area contributed by atoms with Crippen molar-refractivity contribution in [3.63, 3.8) is 0 Å². The zero-order chi connectivity index (χ0) is 13.0. The Bertz CT molecular complexity index is 494. The minimum atomic E-state index is 0.208. The van der Waals surface area contributed by atoms with Gasteiger partial charge in [-0.3, -0.25) is 0 Å². The van der Waals surface area contributed by atoms with E-state index in [0.717, 1.165) is 19.5 Å². The molecule has 0 atom stereocenters. The number of nitrogens with zero attached hydrogens (tertiary/aromatic N) is 6. The molecule has 2 rings (SSSR count). The van der Waals surface area contributed by atoms with Crippen LogP contribution in [0.5, 0.6) is 0 Å². The van der Waals surface area contributed by atoms with Crippen molar-refractivity contribution in [2.24, 2.45) is 0 Å². The second kappa shape index (κ2) is 5.44. The molecule has 7 heteroatoms. The quantitative estimate of drug-likeness (QED) is 0.844. The summed E-state index contributed by atoms with van der Waals surface area (Å²) in [6, 6.07) is 1.81. The highest BCUT2D eigenvalue weighted by molar-refractivity contribution is 5.37. The number of hydrogen-bond donors (Lipinski definition) is 1. The largest absolute Gasteiger partial charge is 0.368 e. The summed E-state index contributed by atoms with van der Waals surface area (Å²) < 4.78 is 1.57. The fourth-order valence-electron chi connectivity index (χ4n) is 1.67. The predicted octanol–water partition coefficient (Wildman–Crippen LogP) is 0.876. The number of anilines is 2. The summed E-state index contributed by atoms with van der Waals surface area (Å²) in [4.78, 5) is 14.7. The normalized spacial score (nSPS) is 10.6. The van der Waals surface area contributed by atoms with Gasteiger partial charge in [0.05, 0.1) is 0 Å². The van der Waals surface area contributed by atoms with Crippen molar-refractivity contribution in [2.45, 2.75) is 20.3 Å². The van der Waals surface area contributed by atoms with Gasteiger partial charge < -0.3 is 10.6 Å². The Labute approximate surface area is 106 Å². The third kappa shape index (κ3) is 2.55. The minimum Gasteiger partial charge on any atom is -0.368 e. The molecule has 0 fully saturated rings. The van der Waals surface area contributed by atoms with Crippen molar-refractivity contribution >= 4 is 11.9 Å². The summed E-state index contributed by atoms with van der Waals surface area (Å²) in [6.45, 7) is 5.89. The fraction of sp³-hybridized carbons (Fsp3) is 0.455. The first-order valence-corrected chi connectivity index (χ1v) is 6.01. The van der Waals surface area contributed by atoms with E-state index in [1.807, 2.05) is 6.07 Å². The lowest BCUT2D eigenvalue weighted by Crippen LogP contribution is -2.26. The summed E-state index contributed by atoms with van der Waals surface area (Å²) in [5.41, 5.74) is 5.72. The Balaban J connectivity index is 2.37. The van der Waals surface area contributed by atoms with Gasteiger partial charge in [0.15, 0.2) is 0 Å². The molecule has 0 radical (unpaired) electrons. The molecular formula is C11H17N7. The van der Waals surface area contributed by atoms with Crippen molar-refractivity contribution in [3.8, 4) is 5.95 Å². The fourth-order valence-corrected chi connectivity index (χ4v) is 1.67. The lowest BCUT2D eigenvalue weighted by molar-refractivity contribution is 0.737. The molecule has 96 valence electrons. The molecule has 0 amide bonds. The van der Waals surface area contributed by atoms with Gasteiger partial charge in [0.1, 0.15) is 0 Å². The van der Waals surface area contributed by atoms with Gasteiger partial charge in [-0.05, 0) is 19.4 Å². The Kier molecular flexibility index (Phi) is 3.71. The third-order valence-corrected chi connectivity index (χ3v) is 2.50. The highest BCUT2D eigenvalue weighted by Crippen LogP contribution is 2.11. The van der Waals surface area contributed by atoms with E-state index in [0.29, 0.717) is 11.9 Å². The molecule has 18 heavy (non-hydrogen) atoms. The van der Waals surface area contributed by atoms with Gasteiger partial charge in [0.2, 0.25) is 11.9 Å². The standard InChI is InChI=1S/C11H17N7/c1-3-7-17(4-2)10-14-9(12)15-11(16-10)18-8-5-6-13-18/h5-6,8H,3-4,7H2,1-2H3,(H2,12,14,15,16). The maximum Gasteiger partial charge on any atom is 0.257 e. The average Bonchev–Trinajstić information content (AvgIpc) is 2.89. The summed E-state index contributed by atoms with van der Waals surface area (Å²) >= 11 is 0. The molecule has 2 aromatic rings. The van der Waals surface area contributed by atoms with Crippen LogP contribution in [0.25, 0.3) is 5.95 Å². The lowest BCUT2D eigenvalue weighted by Gasteiger charge is -2.20. The van der Waals surface area contributed by atoms with Crippen molar-refractivity contribution in [1.82, 2.24) is 24.7 Å². The predicted molar refractivity (Wildman–Crippen MR) is 69.5 cm³/mol. The maximum absolute atomic E-state index is 5.72. The first-order valence-electron chi connectivity index (χ1n) is 6.01. The molecule has 2 heterocycles. The molecular weight excluding hydrogens is 230 g/mol. The van der Waals surface area contributed by atoms with Crippen LogP contribution in [-0.2, 0) is 0 Å². The highest BCUT2D eigenvalue weighted by Gasteiger charge is 2.11. The van der Waals surface area contributed by atoms with Crippen molar-refractivity contribution in [1.29, 1.82) is 0 Å². The van der Waals surface area contributed by atoms with E-state index in [9.17, 15) is 0 Å². The highest BCUT2D eigenvalue weighted by atomic mass is 15.4. The molecule has 0 aliphatic heterocycles. The summed E-state index contributed by atoms with van der Waals surface area (Å²) in [5, 5.41) is 4.09. The summed E-state index contributed by atoms with van der Waals surface area (Å²) in [6.07, 6.45) is 4.47. The van der Waals surface area contributed by atoms with Gasteiger partial charge in [-0.15, -0.1) is 0 Å². The second-order valence-corrected chi connectivity index (χ2v) is 3.82.